The molecular weight excluding hydrogens is 494 g/mol. The number of Topliss-reactive ketones (excluding diaryl/α,β-unsaturated/α-hetero) is 1. The van der Waals surface area contributed by atoms with Gasteiger partial charge in [-0.05, 0) is 60.9 Å². The molecule has 0 radical (unpaired) electrons. The number of thioether (sulfide) groups is 1. The maximum Gasteiger partial charge on any atom is 0.255 e. The number of nitrogens with one attached hydrogen (secondary N) is 2. The van der Waals surface area contributed by atoms with Crippen molar-refractivity contribution in [1.29, 1.82) is 0 Å². The highest BCUT2D eigenvalue weighted by atomic mass is 32.2. The number of nitrogens with zero attached hydrogens (tertiary/aromatic N) is 1. The lowest BCUT2D eigenvalue weighted by molar-refractivity contribution is -0.115. The van der Waals surface area contributed by atoms with Crippen LogP contribution in [0.15, 0.2) is 65.7 Å². The van der Waals surface area contributed by atoms with Gasteiger partial charge in [-0.15, -0.1) is 11.8 Å². The molecule has 0 saturated carbocycles. The summed E-state index contributed by atoms with van der Waals surface area (Å²) in [5.74, 6) is 0.648. The van der Waals surface area contributed by atoms with E-state index in [1.807, 2.05) is 18.2 Å². The average Bonchev–Trinajstić information content (AvgIpc) is 2.87. The van der Waals surface area contributed by atoms with Gasteiger partial charge >= 0.3 is 0 Å². The molecule has 9 heteroatoms. The smallest absolute Gasteiger partial charge is 0.255 e. The molecule has 1 aromatic heterocycles. The topological polar surface area (TPSA) is 101 Å². The average molecular weight is 524 g/mol. The number of thiocarbonyl (C=S) groups is 1. The summed E-state index contributed by atoms with van der Waals surface area (Å²) < 4.78 is 5.03. The Morgan fingerprint density at radius 2 is 1.92 bits per heavy atom. The molecule has 0 fully saturated rings. The minimum atomic E-state index is -0.233. The van der Waals surface area contributed by atoms with Crippen LogP contribution in [0.3, 0.4) is 0 Å². The second-order valence-electron chi connectivity index (χ2n) is 8.07. The number of unbranched alkanes of at least 4 members (excludes halogenated alkanes) is 1. The minimum Gasteiger partial charge on any atom is -0.508 e. The number of aromatic hydroxyl groups is 1. The molecule has 1 heterocycles. The molecule has 3 N–H and O–H groups in total. The Hall–Kier alpha value is -3.43. The Morgan fingerprint density at radius 1 is 1.08 bits per heavy atom. The number of carbonyl (C=O) groups is 2. The molecule has 2 aromatic carbocycles. The van der Waals surface area contributed by atoms with Crippen LogP contribution >= 0.6 is 24.0 Å². The number of aryl methyl sites for hydroxylation is 1. The van der Waals surface area contributed by atoms with E-state index in [-0.39, 0.29) is 29.6 Å². The first kappa shape index (κ1) is 27.2. The van der Waals surface area contributed by atoms with Gasteiger partial charge in [0, 0.05) is 22.2 Å². The van der Waals surface area contributed by atoms with Gasteiger partial charge in [0.2, 0.25) is 5.88 Å². The van der Waals surface area contributed by atoms with Crippen LogP contribution in [0.2, 0.25) is 0 Å². The first-order valence-corrected chi connectivity index (χ1v) is 12.9. The number of methoxy groups -OCH3 is 1. The van der Waals surface area contributed by atoms with Crippen LogP contribution < -0.4 is 15.4 Å². The van der Waals surface area contributed by atoms with Crippen molar-refractivity contribution in [2.24, 2.45) is 0 Å². The van der Waals surface area contributed by atoms with E-state index in [1.165, 1.54) is 17.8 Å². The number of phenolic OH excluding ortho intramolecular Hbond substituents is 1. The van der Waals surface area contributed by atoms with Crippen LogP contribution in [0.5, 0.6) is 11.6 Å². The molecule has 0 aliphatic rings. The zero-order valence-electron chi connectivity index (χ0n) is 20.2. The number of carbonyl (C=O) groups excluding carboxylic acids is 2. The third kappa shape index (κ3) is 8.35. The Bertz CT molecular complexity index is 1220. The summed E-state index contributed by atoms with van der Waals surface area (Å²) in [6.07, 6.45) is 4.35. The summed E-state index contributed by atoms with van der Waals surface area (Å²) in [6.45, 7) is 2.08. The predicted molar refractivity (Wildman–Crippen MR) is 148 cm³/mol. The molecule has 0 atom stereocenters. The highest BCUT2D eigenvalue weighted by Crippen LogP contribution is 2.24. The normalized spacial score (nSPS) is 10.5. The van der Waals surface area contributed by atoms with Crippen molar-refractivity contribution in [3.05, 3.63) is 71.9 Å². The van der Waals surface area contributed by atoms with Gasteiger partial charge in [-0.25, -0.2) is 4.98 Å². The number of ether oxygens (including phenoxy) is 1. The Kier molecular flexibility index (Phi) is 10.3. The number of benzene rings is 2. The van der Waals surface area contributed by atoms with Gasteiger partial charge in [0.1, 0.15) is 11.5 Å². The van der Waals surface area contributed by atoms with Gasteiger partial charge in [-0.2, -0.15) is 0 Å². The number of amides is 1. The molecule has 0 bridgehead atoms. The van der Waals surface area contributed by atoms with E-state index >= 15 is 0 Å². The second-order valence-corrected chi connectivity index (χ2v) is 9.61. The maximum absolute atomic E-state index is 12.9. The summed E-state index contributed by atoms with van der Waals surface area (Å²) in [4.78, 5) is 30.7. The number of phenols is 1. The molecule has 0 spiro atoms. The number of hydrogen-bond donors (Lipinski definition) is 3. The Labute approximate surface area is 220 Å². The molecule has 0 aliphatic heterocycles. The summed E-state index contributed by atoms with van der Waals surface area (Å²) in [5, 5.41) is 15.8. The van der Waals surface area contributed by atoms with Crippen molar-refractivity contribution in [3.63, 3.8) is 0 Å². The Balaban J connectivity index is 1.53. The minimum absolute atomic E-state index is 0.0157. The van der Waals surface area contributed by atoms with Crippen LogP contribution in [-0.4, -0.2) is 39.6 Å². The lowest BCUT2D eigenvalue weighted by atomic mass is 10.0. The van der Waals surface area contributed by atoms with E-state index in [9.17, 15) is 14.7 Å². The van der Waals surface area contributed by atoms with E-state index in [0.717, 1.165) is 29.7 Å². The van der Waals surface area contributed by atoms with Crippen LogP contribution in [0.1, 0.15) is 42.1 Å². The van der Waals surface area contributed by atoms with Gasteiger partial charge < -0.3 is 20.5 Å². The van der Waals surface area contributed by atoms with E-state index in [0.29, 0.717) is 27.8 Å². The van der Waals surface area contributed by atoms with Crippen LogP contribution in [-0.2, 0) is 11.2 Å². The van der Waals surface area contributed by atoms with Crippen molar-refractivity contribution in [3.8, 4) is 11.6 Å². The number of ketones is 1. The molecule has 1 amide bonds. The van der Waals surface area contributed by atoms with Crippen LogP contribution in [0, 0.1) is 0 Å². The summed E-state index contributed by atoms with van der Waals surface area (Å²) in [5.41, 5.74) is 2.69. The fraction of sp³-hybridized carbons (Fsp3) is 0.259. The van der Waals surface area contributed by atoms with Crippen molar-refractivity contribution in [2.75, 3.05) is 23.5 Å². The SMILES string of the molecule is CCCCc1cc(O)ccc1C(=O)Nc1cccc(SCC(=O)CC(=S)Nc2ccc(OC)nc2)c1. The molecule has 0 unspecified atom stereocenters. The highest BCUT2D eigenvalue weighted by Gasteiger charge is 2.13. The molecule has 36 heavy (non-hydrogen) atoms. The zero-order valence-corrected chi connectivity index (χ0v) is 21.9. The highest BCUT2D eigenvalue weighted by molar-refractivity contribution is 8.00. The van der Waals surface area contributed by atoms with Gasteiger partial charge in [0.25, 0.3) is 5.91 Å². The Morgan fingerprint density at radius 3 is 2.64 bits per heavy atom. The van der Waals surface area contributed by atoms with Crippen molar-refractivity contribution >= 4 is 52.0 Å². The van der Waals surface area contributed by atoms with Gasteiger partial charge in [0.15, 0.2) is 0 Å². The van der Waals surface area contributed by atoms with Crippen molar-refractivity contribution < 1.29 is 19.4 Å². The van der Waals surface area contributed by atoms with Gasteiger partial charge in [-0.1, -0.05) is 31.6 Å². The zero-order chi connectivity index (χ0) is 25.9. The molecule has 188 valence electrons. The van der Waals surface area contributed by atoms with Gasteiger partial charge in [-0.3, -0.25) is 9.59 Å². The van der Waals surface area contributed by atoms with Crippen molar-refractivity contribution in [1.82, 2.24) is 4.98 Å². The number of aromatic nitrogens is 1. The molecule has 7 nitrogen and oxygen atoms in total. The van der Waals surface area contributed by atoms with E-state index in [4.69, 9.17) is 17.0 Å². The third-order valence-electron chi connectivity index (χ3n) is 5.21. The number of anilines is 2. The molecule has 0 aliphatic carbocycles. The molecule has 3 aromatic rings. The maximum atomic E-state index is 12.9. The molecular formula is C27H29N3O4S2. The van der Waals surface area contributed by atoms with Crippen LogP contribution in [0.25, 0.3) is 0 Å². The second kappa shape index (κ2) is 13.6. The number of rotatable bonds is 12. The van der Waals surface area contributed by atoms with Crippen LogP contribution in [0.4, 0.5) is 11.4 Å². The first-order chi connectivity index (χ1) is 17.4. The van der Waals surface area contributed by atoms with Crippen molar-refractivity contribution in [2.45, 2.75) is 37.5 Å². The van der Waals surface area contributed by atoms with E-state index < -0.39 is 0 Å². The number of pyridine rings is 1. The van der Waals surface area contributed by atoms with Gasteiger partial charge in [0.05, 0.1) is 36.2 Å². The summed E-state index contributed by atoms with van der Waals surface area (Å²) in [6, 6.07) is 15.7. The number of hydrogen-bond acceptors (Lipinski definition) is 7. The standard InChI is InChI=1S/C27H29N3O4S2/c1-3-4-6-18-13-21(31)10-11-24(18)27(33)30-19-7-5-8-23(14-19)36-17-22(32)15-26(35)29-20-9-12-25(34-2)28-16-20/h5,7-14,16,31H,3-4,6,15,17H2,1-2H3,(H,29,35)(H,30,33). The molecule has 0 saturated heterocycles. The quantitative estimate of drug-likeness (QED) is 0.200. The third-order valence-corrected chi connectivity index (χ3v) is 6.51. The molecule has 3 rings (SSSR count). The van der Waals surface area contributed by atoms with E-state index in [1.54, 1.807) is 43.6 Å². The fourth-order valence-electron chi connectivity index (χ4n) is 3.41. The lowest BCUT2D eigenvalue weighted by Crippen LogP contribution is -2.16. The monoisotopic (exact) mass is 523 g/mol. The largest absolute Gasteiger partial charge is 0.508 e. The fourth-order valence-corrected chi connectivity index (χ4v) is 4.51. The van der Waals surface area contributed by atoms with E-state index in [2.05, 4.69) is 22.5 Å². The lowest BCUT2D eigenvalue weighted by Gasteiger charge is -2.12. The summed E-state index contributed by atoms with van der Waals surface area (Å²) in [7, 11) is 1.54. The summed E-state index contributed by atoms with van der Waals surface area (Å²) >= 11 is 6.69. The predicted octanol–water partition coefficient (Wildman–Crippen LogP) is 5.88. The first-order valence-electron chi connectivity index (χ1n) is 11.6.